The van der Waals surface area contributed by atoms with E-state index in [1.165, 1.54) is 51.4 Å². The van der Waals surface area contributed by atoms with Gasteiger partial charge in [0.05, 0.1) is 0 Å². The molecule has 440 valence electrons. The molecule has 0 heterocycles. The summed E-state index contributed by atoms with van der Waals surface area (Å²) in [5.41, 5.74) is 0. The Kier molecular flexibility index (Phi) is 60.5. The Morgan fingerprint density at radius 1 is 0.266 bits per heavy atom. The summed E-state index contributed by atoms with van der Waals surface area (Å²) in [6, 6.07) is 0. The molecule has 0 N–H and O–H groups in total. The predicted molar refractivity (Wildman–Crippen MR) is 343 cm³/mol. The Morgan fingerprint density at radius 2 is 0.506 bits per heavy atom. The maximum absolute atomic E-state index is 12.9. The largest absolute Gasteiger partial charge is 0.462 e. The third-order valence-corrected chi connectivity index (χ3v) is 12.4. The highest BCUT2D eigenvalue weighted by atomic mass is 16.6. The van der Waals surface area contributed by atoms with Crippen LogP contribution in [0.5, 0.6) is 0 Å². The minimum atomic E-state index is -0.848. The van der Waals surface area contributed by atoms with Gasteiger partial charge in [-0.2, -0.15) is 0 Å². The Bertz CT molecular complexity index is 1870. The Hall–Kier alpha value is -5.49. The van der Waals surface area contributed by atoms with Crippen molar-refractivity contribution in [3.8, 4) is 0 Å². The smallest absolute Gasteiger partial charge is 0.306 e. The molecule has 6 nitrogen and oxygen atoms in total. The van der Waals surface area contributed by atoms with Gasteiger partial charge >= 0.3 is 17.9 Å². The van der Waals surface area contributed by atoms with Gasteiger partial charge in [-0.3, -0.25) is 14.4 Å². The van der Waals surface area contributed by atoms with Gasteiger partial charge < -0.3 is 14.2 Å². The van der Waals surface area contributed by atoms with Crippen LogP contribution in [0.3, 0.4) is 0 Å². The average Bonchev–Trinajstić information content (AvgIpc) is 3.45. The predicted octanol–water partition coefficient (Wildman–Crippen LogP) is 21.7. The fourth-order valence-electron chi connectivity index (χ4n) is 7.77. The SMILES string of the molecule is CC/C=C\C/C=C\C/C=C\C/C=C\C/C=C\C/C=C\C/C=C\CCCC(=O)OCC(COC(=O)CCCCCCC/C=C\CCCCCCCC)OC(=O)CCC/C=C\C/C=C\C/C=C\C/C=C\C/C=C\C/C=C\C/C=C\CC. The van der Waals surface area contributed by atoms with Gasteiger partial charge in [-0.1, -0.05) is 254 Å². The quantitative estimate of drug-likeness (QED) is 0.0261. The van der Waals surface area contributed by atoms with Gasteiger partial charge in [-0.15, -0.1) is 0 Å². The lowest BCUT2D eigenvalue weighted by molar-refractivity contribution is -0.167. The number of hydrogen-bond donors (Lipinski definition) is 0. The lowest BCUT2D eigenvalue weighted by atomic mass is 10.1. The highest BCUT2D eigenvalue weighted by Gasteiger charge is 2.19. The van der Waals surface area contributed by atoms with Crippen LogP contribution in [0.2, 0.25) is 0 Å². The lowest BCUT2D eigenvalue weighted by Crippen LogP contribution is -2.30. The summed E-state index contributed by atoms with van der Waals surface area (Å²) in [6.45, 7) is 6.29. The molecule has 0 fully saturated rings. The van der Waals surface area contributed by atoms with Gasteiger partial charge in [0.25, 0.3) is 0 Å². The van der Waals surface area contributed by atoms with E-state index in [0.29, 0.717) is 19.3 Å². The molecule has 0 aliphatic carbocycles. The summed E-state index contributed by atoms with van der Waals surface area (Å²) in [5.74, 6) is -1.07. The molecule has 79 heavy (non-hydrogen) atoms. The fourth-order valence-corrected chi connectivity index (χ4v) is 7.77. The number of carbonyl (C=O) groups excluding carboxylic acids is 3. The van der Waals surface area contributed by atoms with Crippen molar-refractivity contribution < 1.29 is 28.6 Å². The molecule has 0 radical (unpaired) electrons. The van der Waals surface area contributed by atoms with Crippen molar-refractivity contribution >= 4 is 17.9 Å². The van der Waals surface area contributed by atoms with Crippen LogP contribution in [0.15, 0.2) is 182 Å². The van der Waals surface area contributed by atoms with E-state index in [0.717, 1.165) is 135 Å². The van der Waals surface area contributed by atoms with Gasteiger partial charge in [0, 0.05) is 19.3 Å². The third kappa shape index (κ3) is 63.2. The summed E-state index contributed by atoms with van der Waals surface area (Å²) < 4.78 is 16.8. The molecule has 0 aliphatic heterocycles. The zero-order chi connectivity index (χ0) is 57.1. The molecule has 0 saturated carbocycles. The minimum Gasteiger partial charge on any atom is -0.462 e. The van der Waals surface area contributed by atoms with Gasteiger partial charge in [0.15, 0.2) is 6.10 Å². The molecule has 0 spiro atoms. The van der Waals surface area contributed by atoms with Crippen molar-refractivity contribution in [3.05, 3.63) is 182 Å². The summed E-state index contributed by atoms with van der Waals surface area (Å²) in [7, 11) is 0. The van der Waals surface area contributed by atoms with Crippen LogP contribution in [0.25, 0.3) is 0 Å². The molecule has 0 bridgehead atoms. The van der Waals surface area contributed by atoms with E-state index in [1.54, 1.807) is 0 Å². The maximum atomic E-state index is 12.9. The lowest BCUT2D eigenvalue weighted by Gasteiger charge is -2.18. The van der Waals surface area contributed by atoms with Gasteiger partial charge in [-0.05, 0) is 148 Å². The Balaban J connectivity index is 4.63. The van der Waals surface area contributed by atoms with E-state index in [9.17, 15) is 14.4 Å². The number of hydrogen-bond acceptors (Lipinski definition) is 6. The second-order valence-corrected chi connectivity index (χ2v) is 19.8. The molecule has 1 unspecified atom stereocenters. The average molecular weight is 1090 g/mol. The highest BCUT2D eigenvalue weighted by Crippen LogP contribution is 2.12. The van der Waals surface area contributed by atoms with Gasteiger partial charge in [0.1, 0.15) is 13.2 Å². The number of rotatable bonds is 54. The number of esters is 3. The van der Waals surface area contributed by atoms with Crippen LogP contribution in [-0.4, -0.2) is 37.2 Å². The van der Waals surface area contributed by atoms with Crippen molar-refractivity contribution in [3.63, 3.8) is 0 Å². The van der Waals surface area contributed by atoms with E-state index < -0.39 is 12.1 Å². The van der Waals surface area contributed by atoms with Crippen LogP contribution in [0.1, 0.15) is 239 Å². The van der Waals surface area contributed by atoms with E-state index in [1.807, 2.05) is 0 Å². The highest BCUT2D eigenvalue weighted by molar-refractivity contribution is 5.71. The fraction of sp³-hybridized carbons (Fsp3) is 0.548. The molecule has 0 aliphatic rings. The summed E-state index contributed by atoms with van der Waals surface area (Å²) in [6.07, 6.45) is 97.6. The topological polar surface area (TPSA) is 78.9 Å². The van der Waals surface area contributed by atoms with Crippen LogP contribution >= 0.6 is 0 Å². The van der Waals surface area contributed by atoms with Crippen LogP contribution in [0, 0.1) is 0 Å². The van der Waals surface area contributed by atoms with Crippen molar-refractivity contribution in [2.45, 2.75) is 245 Å². The first-order chi connectivity index (χ1) is 39.0. The molecule has 0 amide bonds. The minimum absolute atomic E-state index is 0.133. The molecular formula is C73H112O6. The van der Waals surface area contributed by atoms with Crippen LogP contribution in [0.4, 0.5) is 0 Å². The summed E-state index contributed by atoms with van der Waals surface area (Å²) >= 11 is 0. The number of ether oxygens (including phenoxy) is 3. The van der Waals surface area contributed by atoms with Crippen LogP contribution < -0.4 is 0 Å². The number of unbranched alkanes of at least 4 members (excludes halogenated alkanes) is 13. The first kappa shape index (κ1) is 73.5. The Labute approximate surface area is 484 Å². The number of carbonyl (C=O) groups is 3. The van der Waals surface area contributed by atoms with E-state index in [-0.39, 0.29) is 38.0 Å². The monoisotopic (exact) mass is 1080 g/mol. The Morgan fingerprint density at radius 3 is 0.835 bits per heavy atom. The van der Waals surface area contributed by atoms with Crippen molar-refractivity contribution in [2.24, 2.45) is 0 Å². The first-order valence-corrected chi connectivity index (χ1v) is 31.3. The second kappa shape index (κ2) is 65.0. The van der Waals surface area contributed by atoms with E-state index >= 15 is 0 Å². The zero-order valence-corrected chi connectivity index (χ0v) is 50.3. The van der Waals surface area contributed by atoms with E-state index in [4.69, 9.17) is 14.2 Å². The molecular weight excluding hydrogens is 973 g/mol. The summed E-state index contributed by atoms with van der Waals surface area (Å²) in [4.78, 5) is 38.3. The standard InChI is InChI=1S/C73H112O6/c1-4-7-10-13-16-19-22-25-28-30-32-34-36-38-40-42-45-48-51-54-57-60-63-66-72(75)78-69-70(68-77-71(74)65-62-59-56-53-50-47-44-27-24-21-18-15-12-9-6-3)79-73(76)67-64-61-58-55-52-49-46-43-41-39-37-35-33-31-29-26-23-20-17-14-11-8-5-2/h7-8,10-11,16-17,19-20,25-29,32-35,38-41,44-46,48-49,54-55,57-58,70H,4-6,9,12-15,18,21-24,30-31,36-37,42-43,47,50-53,56,59-69H2,1-3H3/b10-7-,11-8-,19-16-,20-17-,28-25-,29-26-,34-32-,35-33-,40-38-,41-39-,44-27-,48-45-,49-46-,57-54-,58-55-. The van der Waals surface area contributed by atoms with E-state index in [2.05, 4.69) is 203 Å². The van der Waals surface area contributed by atoms with Crippen molar-refractivity contribution in [1.82, 2.24) is 0 Å². The molecule has 0 rings (SSSR count). The normalized spacial score (nSPS) is 13.4. The molecule has 0 aromatic carbocycles. The third-order valence-electron chi connectivity index (χ3n) is 12.4. The molecule has 0 saturated heterocycles. The van der Waals surface area contributed by atoms with Gasteiger partial charge in [-0.25, -0.2) is 0 Å². The second-order valence-electron chi connectivity index (χ2n) is 19.8. The molecule has 0 aromatic rings. The summed E-state index contributed by atoms with van der Waals surface area (Å²) in [5, 5.41) is 0. The maximum Gasteiger partial charge on any atom is 0.306 e. The van der Waals surface area contributed by atoms with Crippen LogP contribution in [-0.2, 0) is 28.6 Å². The molecule has 6 heteroatoms. The number of allylic oxidation sites excluding steroid dienone is 30. The first-order valence-electron chi connectivity index (χ1n) is 31.3. The van der Waals surface area contributed by atoms with Crippen molar-refractivity contribution in [1.29, 1.82) is 0 Å². The van der Waals surface area contributed by atoms with Crippen molar-refractivity contribution in [2.75, 3.05) is 13.2 Å². The molecule has 0 aromatic heterocycles. The van der Waals surface area contributed by atoms with Gasteiger partial charge in [0.2, 0.25) is 0 Å². The zero-order valence-electron chi connectivity index (χ0n) is 50.3. The molecule has 1 atom stereocenters.